The molecule has 1 atom stereocenters. The van der Waals surface area contributed by atoms with E-state index < -0.39 is 0 Å². The van der Waals surface area contributed by atoms with Crippen LogP contribution in [0.5, 0.6) is 0 Å². The van der Waals surface area contributed by atoms with Crippen LogP contribution in [0.3, 0.4) is 0 Å². The Kier molecular flexibility index (Phi) is 6.29. The van der Waals surface area contributed by atoms with Crippen LogP contribution in [0, 0.1) is 20.8 Å². The van der Waals surface area contributed by atoms with Gasteiger partial charge in [-0.15, -0.1) is 0 Å². The molecule has 8 heteroatoms. The van der Waals surface area contributed by atoms with E-state index in [2.05, 4.69) is 32.5 Å². The second kappa shape index (κ2) is 9.11. The van der Waals surface area contributed by atoms with Gasteiger partial charge in [-0.25, -0.2) is 15.5 Å². The van der Waals surface area contributed by atoms with E-state index in [1.165, 1.54) is 0 Å². The molecule has 31 heavy (non-hydrogen) atoms. The fourth-order valence-electron chi connectivity index (χ4n) is 4.03. The molecule has 0 bridgehead atoms. The van der Waals surface area contributed by atoms with Crippen LogP contribution in [0.2, 0.25) is 0 Å². The van der Waals surface area contributed by atoms with Gasteiger partial charge in [-0.1, -0.05) is 12.2 Å². The molecule has 2 aliphatic heterocycles. The molecule has 0 aliphatic carbocycles. The van der Waals surface area contributed by atoms with Crippen molar-refractivity contribution in [1.29, 1.82) is 0 Å². The Balaban J connectivity index is 1.47. The molecule has 164 valence electrons. The number of carbonyl (C=O) groups excluding carboxylic acids is 1. The van der Waals surface area contributed by atoms with Crippen molar-refractivity contribution in [1.82, 2.24) is 30.3 Å². The summed E-state index contributed by atoms with van der Waals surface area (Å²) in [5, 5.41) is 3.90. The highest BCUT2D eigenvalue weighted by Crippen LogP contribution is 2.26. The summed E-state index contributed by atoms with van der Waals surface area (Å²) < 4.78 is 0. The minimum atomic E-state index is -0.0128. The molecule has 2 aromatic heterocycles. The third kappa shape index (κ3) is 4.60. The molecule has 4 rings (SSSR count). The first-order valence-electron chi connectivity index (χ1n) is 10.9. The third-order valence-electron chi connectivity index (χ3n) is 6.03. The van der Waals surface area contributed by atoms with Gasteiger partial charge in [0.25, 0.3) is 5.91 Å². The van der Waals surface area contributed by atoms with Crippen molar-refractivity contribution in [3.63, 3.8) is 0 Å². The van der Waals surface area contributed by atoms with E-state index in [1.54, 1.807) is 0 Å². The Labute approximate surface area is 183 Å². The van der Waals surface area contributed by atoms with Gasteiger partial charge in [0.1, 0.15) is 5.69 Å². The lowest BCUT2D eigenvalue weighted by molar-refractivity contribution is 0.0672. The average Bonchev–Trinajstić information content (AvgIpc) is 2.76. The molecule has 0 unspecified atom stereocenters. The van der Waals surface area contributed by atoms with E-state index in [-0.39, 0.29) is 11.9 Å². The van der Waals surface area contributed by atoms with Gasteiger partial charge in [0.15, 0.2) is 5.69 Å². The van der Waals surface area contributed by atoms with E-state index in [0.29, 0.717) is 12.2 Å². The maximum absolute atomic E-state index is 13.6. The first-order chi connectivity index (χ1) is 14.9. The lowest BCUT2D eigenvalue weighted by Crippen LogP contribution is -2.65. The predicted molar refractivity (Wildman–Crippen MR) is 120 cm³/mol. The van der Waals surface area contributed by atoms with Crippen LogP contribution in [-0.4, -0.2) is 57.1 Å². The number of hydrazine groups is 2. The molecule has 0 spiro atoms. The van der Waals surface area contributed by atoms with Crippen molar-refractivity contribution in [2.24, 2.45) is 0 Å². The number of amides is 1. The fourth-order valence-corrected chi connectivity index (χ4v) is 4.03. The number of hydrogen-bond donors (Lipinski definition) is 1. The summed E-state index contributed by atoms with van der Waals surface area (Å²) in [5.74, 6) is -0.0128. The van der Waals surface area contributed by atoms with Crippen LogP contribution in [0.1, 0.15) is 52.5 Å². The quantitative estimate of drug-likeness (QED) is 0.719. The lowest BCUT2D eigenvalue weighted by atomic mass is 10.00. The minimum absolute atomic E-state index is 0.0128. The number of anilines is 1. The Morgan fingerprint density at radius 2 is 2.00 bits per heavy atom. The summed E-state index contributed by atoms with van der Waals surface area (Å²) >= 11 is 0. The SMILES string of the molecule is Cc1ccc(N2NCN2C)c(C(=O)N2CC=CC[C@H]2CCCc2cnc(C)c(C)n2)n1. The normalized spacial score (nSPS) is 18.9. The maximum Gasteiger partial charge on any atom is 0.275 e. The Bertz CT molecular complexity index is 990. The van der Waals surface area contributed by atoms with E-state index in [0.717, 1.165) is 60.8 Å². The van der Waals surface area contributed by atoms with Crippen LogP contribution >= 0.6 is 0 Å². The Hall–Kier alpha value is -2.84. The molecule has 1 saturated heterocycles. The molecule has 8 nitrogen and oxygen atoms in total. The number of pyridine rings is 1. The number of hydrogen-bond acceptors (Lipinski definition) is 7. The number of rotatable bonds is 6. The minimum Gasteiger partial charge on any atom is -0.330 e. The smallest absolute Gasteiger partial charge is 0.275 e. The zero-order valence-electron chi connectivity index (χ0n) is 18.8. The van der Waals surface area contributed by atoms with E-state index >= 15 is 0 Å². The van der Waals surface area contributed by atoms with E-state index in [4.69, 9.17) is 0 Å². The van der Waals surface area contributed by atoms with Crippen LogP contribution in [-0.2, 0) is 6.42 Å². The number of aryl methyl sites for hydroxylation is 4. The van der Waals surface area contributed by atoms with Gasteiger partial charge in [-0.2, -0.15) is 5.01 Å². The van der Waals surface area contributed by atoms with Crippen molar-refractivity contribution < 1.29 is 4.79 Å². The summed E-state index contributed by atoms with van der Waals surface area (Å²) in [6, 6.07) is 4.07. The molecule has 4 heterocycles. The summed E-state index contributed by atoms with van der Waals surface area (Å²) in [4.78, 5) is 29.2. The van der Waals surface area contributed by atoms with Crippen molar-refractivity contribution in [3.05, 3.63) is 59.0 Å². The van der Waals surface area contributed by atoms with Gasteiger partial charge in [-0.05, 0) is 58.6 Å². The highest BCUT2D eigenvalue weighted by molar-refractivity contribution is 5.98. The summed E-state index contributed by atoms with van der Waals surface area (Å²) in [6.07, 6.45) is 9.75. The van der Waals surface area contributed by atoms with Gasteiger partial charge in [0.2, 0.25) is 0 Å². The molecule has 1 N–H and O–H groups in total. The molecule has 0 aromatic carbocycles. The van der Waals surface area contributed by atoms with E-state index in [9.17, 15) is 4.79 Å². The fraction of sp³-hybridized carbons (Fsp3) is 0.478. The zero-order chi connectivity index (χ0) is 22.0. The van der Waals surface area contributed by atoms with Crippen molar-refractivity contribution in [3.8, 4) is 0 Å². The third-order valence-corrected chi connectivity index (χ3v) is 6.03. The van der Waals surface area contributed by atoms with Crippen LogP contribution in [0.15, 0.2) is 30.5 Å². The summed E-state index contributed by atoms with van der Waals surface area (Å²) in [5.41, 5.74) is 8.33. The standard InChI is InChI=1S/C23H31N7O/c1-16-11-12-21(30-25-15-28(30)4)22(26-16)23(31)29-13-6-5-9-20(29)10-7-8-19-14-24-17(2)18(3)27-19/h5-6,11-12,14,20,25H,7-10,13,15H2,1-4H3/t20-/m0/s1. The van der Waals surface area contributed by atoms with Crippen LogP contribution < -0.4 is 10.5 Å². The Morgan fingerprint density at radius 1 is 1.16 bits per heavy atom. The van der Waals surface area contributed by atoms with Gasteiger partial charge in [-0.3, -0.25) is 14.8 Å². The monoisotopic (exact) mass is 421 g/mol. The maximum atomic E-state index is 13.6. The lowest BCUT2D eigenvalue weighted by Gasteiger charge is -2.44. The molecule has 2 aliphatic rings. The highest BCUT2D eigenvalue weighted by atomic mass is 16.2. The Morgan fingerprint density at radius 3 is 2.71 bits per heavy atom. The zero-order valence-corrected chi connectivity index (χ0v) is 18.8. The molecule has 0 saturated carbocycles. The van der Waals surface area contributed by atoms with E-state index in [1.807, 2.05) is 61.2 Å². The van der Waals surface area contributed by atoms with Gasteiger partial charge in [0.05, 0.1) is 23.8 Å². The van der Waals surface area contributed by atoms with Crippen molar-refractivity contribution >= 4 is 11.6 Å². The second-order valence-corrected chi connectivity index (χ2v) is 8.35. The van der Waals surface area contributed by atoms with Crippen LogP contribution in [0.25, 0.3) is 0 Å². The molecule has 0 radical (unpaired) electrons. The largest absolute Gasteiger partial charge is 0.330 e. The molecule has 2 aromatic rings. The molecule has 1 fully saturated rings. The predicted octanol–water partition coefficient (Wildman–Crippen LogP) is 2.72. The topological polar surface area (TPSA) is 77.5 Å². The molecular weight excluding hydrogens is 390 g/mol. The first kappa shape index (κ1) is 21.4. The first-order valence-corrected chi connectivity index (χ1v) is 10.9. The second-order valence-electron chi connectivity index (χ2n) is 8.35. The number of nitrogens with one attached hydrogen (secondary N) is 1. The molecular formula is C23H31N7O. The van der Waals surface area contributed by atoms with Gasteiger partial charge < -0.3 is 4.90 Å². The number of carbonyl (C=O) groups is 1. The summed E-state index contributed by atoms with van der Waals surface area (Å²) in [7, 11) is 1.98. The van der Waals surface area contributed by atoms with Gasteiger partial charge in [0, 0.05) is 31.5 Å². The van der Waals surface area contributed by atoms with Crippen molar-refractivity contribution in [2.75, 3.05) is 25.4 Å². The highest BCUT2D eigenvalue weighted by Gasteiger charge is 2.32. The molecule has 1 amide bonds. The van der Waals surface area contributed by atoms with Crippen LogP contribution in [0.4, 0.5) is 5.69 Å². The average molecular weight is 422 g/mol. The summed E-state index contributed by atoms with van der Waals surface area (Å²) in [6.45, 7) is 7.26. The van der Waals surface area contributed by atoms with Crippen molar-refractivity contribution in [2.45, 2.75) is 52.5 Å². The number of nitrogens with zero attached hydrogens (tertiary/aromatic N) is 6. The van der Waals surface area contributed by atoms with Gasteiger partial charge >= 0.3 is 0 Å². The number of aromatic nitrogens is 3.